The Morgan fingerprint density at radius 3 is 2.80 bits per heavy atom. The molecule has 2 N–H and O–H groups in total. The van der Waals surface area contributed by atoms with Crippen molar-refractivity contribution in [2.45, 2.75) is 25.3 Å². The number of rotatable bonds is 4. The van der Waals surface area contributed by atoms with E-state index in [-0.39, 0.29) is 5.91 Å². The second-order valence-electron chi connectivity index (χ2n) is 4.97. The molecule has 1 aliphatic rings. The lowest BCUT2D eigenvalue weighted by Crippen LogP contribution is -2.23. The Balaban J connectivity index is 1.59. The van der Waals surface area contributed by atoms with E-state index in [0.717, 1.165) is 11.3 Å². The third-order valence-corrected chi connectivity index (χ3v) is 3.38. The molecule has 1 heterocycles. The summed E-state index contributed by atoms with van der Waals surface area (Å²) in [6, 6.07) is 11.0. The van der Waals surface area contributed by atoms with Crippen LogP contribution in [0.1, 0.15) is 46.1 Å². The lowest BCUT2D eigenvalue weighted by molar-refractivity contribution is 0.0946. The molecule has 1 saturated carbocycles. The summed E-state index contributed by atoms with van der Waals surface area (Å²) in [6.07, 6.45) is 2.35. The van der Waals surface area contributed by atoms with Crippen molar-refractivity contribution < 1.29 is 4.79 Å². The molecule has 1 aromatic heterocycles. The van der Waals surface area contributed by atoms with Gasteiger partial charge in [0, 0.05) is 18.2 Å². The first-order chi connectivity index (χ1) is 9.76. The van der Waals surface area contributed by atoms with Gasteiger partial charge in [-0.3, -0.25) is 9.89 Å². The van der Waals surface area contributed by atoms with Crippen molar-refractivity contribution in [2.24, 2.45) is 0 Å². The Hall–Kier alpha value is -2.61. The van der Waals surface area contributed by atoms with Gasteiger partial charge in [0.05, 0.1) is 11.6 Å². The molecule has 0 unspecified atom stereocenters. The van der Waals surface area contributed by atoms with Crippen LogP contribution in [0.4, 0.5) is 0 Å². The van der Waals surface area contributed by atoms with Crippen LogP contribution < -0.4 is 5.32 Å². The van der Waals surface area contributed by atoms with Crippen LogP contribution in [-0.4, -0.2) is 16.1 Å². The maximum atomic E-state index is 12.0. The zero-order valence-corrected chi connectivity index (χ0v) is 10.9. The van der Waals surface area contributed by atoms with E-state index in [1.807, 2.05) is 18.2 Å². The predicted molar refractivity (Wildman–Crippen MR) is 72.9 cm³/mol. The number of benzene rings is 1. The molecule has 1 fully saturated rings. The predicted octanol–water partition coefficient (Wildman–Crippen LogP) is 2.09. The van der Waals surface area contributed by atoms with Crippen LogP contribution in [-0.2, 0) is 6.54 Å². The van der Waals surface area contributed by atoms with E-state index in [9.17, 15) is 4.79 Å². The van der Waals surface area contributed by atoms with E-state index in [4.69, 9.17) is 5.26 Å². The molecule has 1 amide bonds. The highest BCUT2D eigenvalue weighted by Gasteiger charge is 2.26. The van der Waals surface area contributed by atoms with Gasteiger partial charge in [-0.2, -0.15) is 10.4 Å². The molecule has 5 heteroatoms. The fourth-order valence-corrected chi connectivity index (χ4v) is 2.03. The smallest absolute Gasteiger partial charge is 0.272 e. The summed E-state index contributed by atoms with van der Waals surface area (Å²) in [5, 5.41) is 18.5. The SMILES string of the molecule is N#Cc1ccc(CNC(=O)c2cc(C3CC3)[nH]n2)cc1. The molecule has 5 nitrogen and oxygen atoms in total. The highest BCUT2D eigenvalue weighted by atomic mass is 16.1. The Bertz CT molecular complexity index is 662. The minimum Gasteiger partial charge on any atom is -0.347 e. The molecule has 0 spiro atoms. The van der Waals surface area contributed by atoms with E-state index in [1.54, 1.807) is 12.1 Å². The number of hydrogen-bond donors (Lipinski definition) is 2. The van der Waals surface area contributed by atoms with Crippen LogP contribution in [0.3, 0.4) is 0 Å². The number of aromatic nitrogens is 2. The van der Waals surface area contributed by atoms with Gasteiger partial charge >= 0.3 is 0 Å². The number of nitriles is 1. The second kappa shape index (κ2) is 5.17. The summed E-state index contributed by atoms with van der Waals surface area (Å²) < 4.78 is 0. The molecule has 100 valence electrons. The van der Waals surface area contributed by atoms with Gasteiger partial charge in [0.25, 0.3) is 5.91 Å². The number of amides is 1. The summed E-state index contributed by atoms with van der Waals surface area (Å²) in [7, 11) is 0. The third kappa shape index (κ3) is 2.69. The first kappa shape index (κ1) is 12.4. The van der Waals surface area contributed by atoms with Gasteiger partial charge in [0.2, 0.25) is 0 Å². The van der Waals surface area contributed by atoms with Crippen LogP contribution in [0, 0.1) is 11.3 Å². The number of nitrogens with zero attached hydrogens (tertiary/aromatic N) is 2. The second-order valence-corrected chi connectivity index (χ2v) is 4.97. The molecule has 1 aromatic carbocycles. The number of nitrogens with one attached hydrogen (secondary N) is 2. The molecular formula is C15H14N4O. The van der Waals surface area contributed by atoms with Crippen molar-refractivity contribution in [3.63, 3.8) is 0 Å². The highest BCUT2D eigenvalue weighted by molar-refractivity contribution is 5.92. The Morgan fingerprint density at radius 2 is 2.15 bits per heavy atom. The minimum absolute atomic E-state index is 0.183. The first-order valence-corrected chi connectivity index (χ1v) is 6.59. The lowest BCUT2D eigenvalue weighted by Gasteiger charge is -2.03. The molecule has 20 heavy (non-hydrogen) atoms. The topological polar surface area (TPSA) is 81.6 Å². The van der Waals surface area contributed by atoms with Crippen LogP contribution in [0.5, 0.6) is 0 Å². The van der Waals surface area contributed by atoms with E-state index < -0.39 is 0 Å². The van der Waals surface area contributed by atoms with Crippen LogP contribution in [0.2, 0.25) is 0 Å². The Morgan fingerprint density at radius 1 is 1.40 bits per heavy atom. The van der Waals surface area contributed by atoms with Crippen molar-refractivity contribution >= 4 is 5.91 Å². The normalized spacial score (nSPS) is 13.8. The molecule has 0 aliphatic heterocycles. The van der Waals surface area contributed by atoms with E-state index in [0.29, 0.717) is 23.7 Å². The van der Waals surface area contributed by atoms with Crippen molar-refractivity contribution in [2.75, 3.05) is 0 Å². The number of aromatic amines is 1. The molecular weight excluding hydrogens is 252 g/mol. The first-order valence-electron chi connectivity index (χ1n) is 6.59. The van der Waals surface area contributed by atoms with Crippen LogP contribution >= 0.6 is 0 Å². The quantitative estimate of drug-likeness (QED) is 0.889. The van der Waals surface area contributed by atoms with Crippen molar-refractivity contribution in [3.05, 3.63) is 52.8 Å². The van der Waals surface area contributed by atoms with Gasteiger partial charge in [0.1, 0.15) is 5.69 Å². The highest BCUT2D eigenvalue weighted by Crippen LogP contribution is 2.38. The average Bonchev–Trinajstić information content (AvgIpc) is 3.22. The fourth-order valence-electron chi connectivity index (χ4n) is 2.03. The molecule has 0 saturated heterocycles. The van der Waals surface area contributed by atoms with Crippen molar-refractivity contribution in [1.82, 2.24) is 15.5 Å². The van der Waals surface area contributed by atoms with Gasteiger partial charge in [-0.25, -0.2) is 0 Å². The summed E-state index contributed by atoms with van der Waals surface area (Å²) >= 11 is 0. The number of hydrogen-bond acceptors (Lipinski definition) is 3. The molecule has 2 aromatic rings. The Kier molecular flexibility index (Phi) is 3.21. The van der Waals surface area contributed by atoms with E-state index >= 15 is 0 Å². The Labute approximate surface area is 116 Å². The molecule has 0 atom stereocenters. The van der Waals surface area contributed by atoms with Gasteiger partial charge in [-0.15, -0.1) is 0 Å². The zero-order valence-electron chi connectivity index (χ0n) is 10.9. The largest absolute Gasteiger partial charge is 0.347 e. The van der Waals surface area contributed by atoms with Gasteiger partial charge in [-0.1, -0.05) is 12.1 Å². The average molecular weight is 266 g/mol. The van der Waals surface area contributed by atoms with Gasteiger partial charge in [0.15, 0.2) is 0 Å². The van der Waals surface area contributed by atoms with E-state index in [2.05, 4.69) is 21.6 Å². The summed E-state index contributed by atoms with van der Waals surface area (Å²) in [5.41, 5.74) is 3.05. The maximum Gasteiger partial charge on any atom is 0.272 e. The van der Waals surface area contributed by atoms with Crippen molar-refractivity contribution in [3.8, 4) is 6.07 Å². The zero-order chi connectivity index (χ0) is 13.9. The van der Waals surface area contributed by atoms with Gasteiger partial charge < -0.3 is 5.32 Å². The number of carbonyl (C=O) groups excluding carboxylic acids is 1. The van der Waals surface area contributed by atoms with E-state index in [1.165, 1.54) is 12.8 Å². The standard InChI is InChI=1S/C15H14N4O/c16-8-10-1-3-11(4-2-10)9-17-15(20)14-7-13(18-19-14)12-5-6-12/h1-4,7,12H,5-6,9H2,(H,17,20)(H,18,19). The van der Waals surface area contributed by atoms with Crippen molar-refractivity contribution in [1.29, 1.82) is 5.26 Å². The van der Waals surface area contributed by atoms with Crippen LogP contribution in [0.15, 0.2) is 30.3 Å². The molecule has 3 rings (SSSR count). The molecule has 1 aliphatic carbocycles. The third-order valence-electron chi connectivity index (χ3n) is 3.38. The lowest BCUT2D eigenvalue weighted by atomic mass is 10.1. The molecule has 0 bridgehead atoms. The fraction of sp³-hybridized carbons (Fsp3) is 0.267. The summed E-state index contributed by atoms with van der Waals surface area (Å²) in [5.74, 6) is 0.375. The monoisotopic (exact) mass is 266 g/mol. The number of carbonyl (C=O) groups is 1. The molecule has 0 radical (unpaired) electrons. The maximum absolute atomic E-state index is 12.0. The van der Waals surface area contributed by atoms with Gasteiger partial charge in [-0.05, 0) is 36.6 Å². The summed E-state index contributed by atoms with van der Waals surface area (Å²) in [6.45, 7) is 0.427. The summed E-state index contributed by atoms with van der Waals surface area (Å²) in [4.78, 5) is 12.0. The minimum atomic E-state index is -0.183. The number of H-pyrrole nitrogens is 1. The van der Waals surface area contributed by atoms with Crippen LogP contribution in [0.25, 0.3) is 0 Å².